The summed E-state index contributed by atoms with van der Waals surface area (Å²) in [4.78, 5) is 19.4. The number of likely N-dealkylation sites (tertiary alicyclic amines) is 1. The minimum Gasteiger partial charge on any atom is -0.336 e. The number of hydrogen-bond donors (Lipinski definition) is 1. The van der Waals surface area contributed by atoms with Crippen LogP contribution >= 0.6 is 11.3 Å². The summed E-state index contributed by atoms with van der Waals surface area (Å²) in [6.45, 7) is 4.63. The number of aromatic nitrogens is 1. The number of amides is 1. The summed E-state index contributed by atoms with van der Waals surface area (Å²) in [6.07, 6.45) is 4.98. The molecule has 1 N–H and O–H groups in total. The highest BCUT2D eigenvalue weighted by molar-refractivity contribution is 7.09. The molecular weight excluding hydrogens is 234 g/mol. The van der Waals surface area contributed by atoms with E-state index in [4.69, 9.17) is 0 Å². The fourth-order valence-electron chi connectivity index (χ4n) is 2.11. The van der Waals surface area contributed by atoms with Crippen LogP contribution in [0.25, 0.3) is 0 Å². The van der Waals surface area contributed by atoms with Gasteiger partial charge in [-0.25, -0.2) is 0 Å². The molecule has 1 fully saturated rings. The Morgan fingerprint density at radius 3 is 3.24 bits per heavy atom. The van der Waals surface area contributed by atoms with Crippen LogP contribution in [0, 0.1) is 0 Å². The lowest BCUT2D eigenvalue weighted by molar-refractivity contribution is -0.136. The van der Waals surface area contributed by atoms with Crippen LogP contribution in [-0.2, 0) is 11.3 Å². The smallest absolute Gasteiger partial charge is 0.240 e. The lowest BCUT2D eigenvalue weighted by Crippen LogP contribution is -2.50. The zero-order valence-electron chi connectivity index (χ0n) is 10.2. The normalized spacial score (nSPS) is 20.9. The first-order chi connectivity index (χ1) is 8.31. The van der Waals surface area contributed by atoms with E-state index in [2.05, 4.69) is 17.2 Å². The van der Waals surface area contributed by atoms with E-state index < -0.39 is 0 Å². The van der Waals surface area contributed by atoms with E-state index in [9.17, 15) is 4.79 Å². The van der Waals surface area contributed by atoms with E-state index >= 15 is 0 Å². The highest BCUT2D eigenvalue weighted by Gasteiger charge is 2.28. The fraction of sp³-hybridized carbons (Fsp3) is 0.667. The molecule has 1 saturated heterocycles. The summed E-state index contributed by atoms with van der Waals surface area (Å²) >= 11 is 1.61. The summed E-state index contributed by atoms with van der Waals surface area (Å²) < 4.78 is 0. The number of piperidine rings is 1. The molecule has 0 spiro atoms. The van der Waals surface area contributed by atoms with Crippen LogP contribution in [-0.4, -0.2) is 34.9 Å². The third kappa shape index (κ3) is 3.26. The van der Waals surface area contributed by atoms with Crippen molar-refractivity contribution in [3.05, 3.63) is 16.6 Å². The van der Waals surface area contributed by atoms with Gasteiger partial charge in [0.25, 0.3) is 0 Å². The molecule has 1 aromatic heterocycles. The van der Waals surface area contributed by atoms with Gasteiger partial charge in [-0.3, -0.25) is 9.78 Å². The van der Waals surface area contributed by atoms with Gasteiger partial charge in [0.2, 0.25) is 5.91 Å². The zero-order chi connectivity index (χ0) is 12.1. The van der Waals surface area contributed by atoms with Gasteiger partial charge < -0.3 is 10.2 Å². The number of carbonyl (C=O) groups is 1. The summed E-state index contributed by atoms with van der Waals surface area (Å²) in [5.74, 6) is 0.248. The monoisotopic (exact) mass is 253 g/mol. The Hall–Kier alpha value is -0.940. The second-order valence-electron chi connectivity index (χ2n) is 4.38. The highest BCUT2D eigenvalue weighted by atomic mass is 32.1. The number of nitrogens with zero attached hydrogens (tertiary/aromatic N) is 2. The Bertz CT molecular complexity index is 353. The van der Waals surface area contributed by atoms with Gasteiger partial charge >= 0.3 is 0 Å². The summed E-state index contributed by atoms with van der Waals surface area (Å²) in [5, 5.41) is 3.33. The number of nitrogens with one attached hydrogen (secondary N) is 1. The molecule has 94 valence electrons. The second kappa shape index (κ2) is 6.12. The van der Waals surface area contributed by atoms with Crippen molar-refractivity contribution in [1.82, 2.24) is 15.2 Å². The van der Waals surface area contributed by atoms with Gasteiger partial charge in [-0.15, -0.1) is 11.3 Å². The predicted octanol–water partition coefficient (Wildman–Crippen LogP) is 1.63. The SMILES string of the molecule is CCCNC1CCCN(Cc2cncs2)C1=O. The molecule has 4 nitrogen and oxygen atoms in total. The first kappa shape index (κ1) is 12.5. The van der Waals surface area contributed by atoms with Gasteiger partial charge in [-0.05, 0) is 25.8 Å². The minimum absolute atomic E-state index is 0.0246. The Kier molecular flexibility index (Phi) is 4.50. The molecule has 0 aromatic carbocycles. The van der Waals surface area contributed by atoms with Gasteiger partial charge in [0.05, 0.1) is 18.1 Å². The van der Waals surface area contributed by atoms with Gasteiger partial charge in [0.15, 0.2) is 0 Å². The maximum Gasteiger partial charge on any atom is 0.240 e. The summed E-state index contributed by atoms with van der Waals surface area (Å²) in [5.41, 5.74) is 1.82. The molecule has 0 saturated carbocycles. The van der Waals surface area contributed by atoms with E-state index in [1.807, 2.05) is 16.6 Å². The van der Waals surface area contributed by atoms with Crippen molar-refractivity contribution in [2.75, 3.05) is 13.1 Å². The van der Waals surface area contributed by atoms with Crippen molar-refractivity contribution in [3.8, 4) is 0 Å². The van der Waals surface area contributed by atoms with Crippen LogP contribution < -0.4 is 5.32 Å². The largest absolute Gasteiger partial charge is 0.336 e. The lowest BCUT2D eigenvalue weighted by Gasteiger charge is -2.32. The molecule has 1 aromatic rings. The van der Waals surface area contributed by atoms with E-state index in [0.717, 1.165) is 37.2 Å². The molecule has 0 radical (unpaired) electrons. The molecule has 17 heavy (non-hydrogen) atoms. The second-order valence-corrected chi connectivity index (χ2v) is 5.35. The van der Waals surface area contributed by atoms with Crippen molar-refractivity contribution in [2.24, 2.45) is 0 Å². The molecule has 1 aliphatic rings. The molecule has 1 atom stereocenters. The van der Waals surface area contributed by atoms with Gasteiger partial charge in [-0.1, -0.05) is 6.92 Å². The van der Waals surface area contributed by atoms with Crippen molar-refractivity contribution >= 4 is 17.2 Å². The average Bonchev–Trinajstić information content (AvgIpc) is 2.83. The number of thiazole rings is 1. The topological polar surface area (TPSA) is 45.2 Å². The van der Waals surface area contributed by atoms with Crippen molar-refractivity contribution < 1.29 is 4.79 Å². The Balaban J connectivity index is 1.91. The van der Waals surface area contributed by atoms with Gasteiger partial charge in [0, 0.05) is 17.6 Å². The maximum atomic E-state index is 12.2. The van der Waals surface area contributed by atoms with Crippen LogP contribution in [0.1, 0.15) is 31.1 Å². The molecule has 5 heteroatoms. The average molecular weight is 253 g/mol. The van der Waals surface area contributed by atoms with Crippen LogP contribution in [0.15, 0.2) is 11.7 Å². The first-order valence-corrected chi connectivity index (χ1v) is 7.08. The van der Waals surface area contributed by atoms with Crippen LogP contribution in [0.3, 0.4) is 0 Å². The zero-order valence-corrected chi connectivity index (χ0v) is 11.0. The predicted molar refractivity (Wildman–Crippen MR) is 68.8 cm³/mol. The molecule has 2 rings (SSSR count). The van der Waals surface area contributed by atoms with Crippen molar-refractivity contribution in [1.29, 1.82) is 0 Å². The van der Waals surface area contributed by atoms with Crippen LogP contribution in [0.5, 0.6) is 0 Å². The molecule has 1 aliphatic heterocycles. The molecule has 1 unspecified atom stereocenters. The summed E-state index contributed by atoms with van der Waals surface area (Å²) in [6, 6.07) is 0.0246. The Morgan fingerprint density at radius 2 is 2.53 bits per heavy atom. The minimum atomic E-state index is 0.0246. The van der Waals surface area contributed by atoms with E-state index in [1.54, 1.807) is 11.3 Å². The van der Waals surface area contributed by atoms with Crippen molar-refractivity contribution in [3.63, 3.8) is 0 Å². The van der Waals surface area contributed by atoms with E-state index in [0.29, 0.717) is 6.54 Å². The maximum absolute atomic E-state index is 12.2. The summed E-state index contributed by atoms with van der Waals surface area (Å²) in [7, 11) is 0. The van der Waals surface area contributed by atoms with E-state index in [-0.39, 0.29) is 11.9 Å². The number of hydrogen-bond acceptors (Lipinski definition) is 4. The first-order valence-electron chi connectivity index (χ1n) is 6.20. The van der Waals surface area contributed by atoms with Crippen LogP contribution in [0.4, 0.5) is 0 Å². The third-order valence-corrected chi connectivity index (χ3v) is 3.77. The molecule has 0 bridgehead atoms. The van der Waals surface area contributed by atoms with Gasteiger partial charge in [-0.2, -0.15) is 0 Å². The lowest BCUT2D eigenvalue weighted by atomic mass is 10.0. The number of rotatable bonds is 5. The number of carbonyl (C=O) groups excluding carboxylic acids is 1. The molecule has 2 heterocycles. The molecular formula is C12H19N3OS. The highest BCUT2D eigenvalue weighted by Crippen LogP contribution is 2.16. The van der Waals surface area contributed by atoms with Gasteiger partial charge in [0.1, 0.15) is 0 Å². The third-order valence-electron chi connectivity index (χ3n) is 3.00. The Morgan fingerprint density at radius 1 is 1.65 bits per heavy atom. The Labute approximate surface area is 106 Å². The molecule has 1 amide bonds. The quantitative estimate of drug-likeness (QED) is 0.867. The van der Waals surface area contributed by atoms with E-state index in [1.165, 1.54) is 0 Å². The molecule has 0 aliphatic carbocycles. The van der Waals surface area contributed by atoms with Crippen molar-refractivity contribution in [2.45, 2.75) is 38.8 Å². The van der Waals surface area contributed by atoms with Crippen LogP contribution in [0.2, 0.25) is 0 Å². The standard InChI is InChI=1S/C12H19N3OS/c1-2-5-14-11-4-3-6-15(12(11)16)8-10-7-13-9-17-10/h7,9,11,14H,2-6,8H2,1H3. The fourth-order valence-corrected chi connectivity index (χ4v) is 2.72.